The molecule has 6 heteroatoms. The van der Waals surface area contributed by atoms with Crippen molar-refractivity contribution in [3.8, 4) is 0 Å². The Morgan fingerprint density at radius 1 is 1.41 bits per heavy atom. The van der Waals surface area contributed by atoms with Gasteiger partial charge in [-0.15, -0.1) is 0 Å². The number of nitrogens with zero attached hydrogens (tertiary/aromatic N) is 2. The molecular formula is C16H19BrN2O3. The second kappa shape index (κ2) is 6.60. The Labute approximate surface area is 137 Å². The van der Waals surface area contributed by atoms with Crippen LogP contribution in [0.4, 0.5) is 0 Å². The number of pyridine rings is 1. The number of aromatic nitrogens is 2. The average Bonchev–Trinajstić information content (AvgIpc) is 2.75. The van der Waals surface area contributed by atoms with Crippen LogP contribution in [0.3, 0.4) is 0 Å². The molecule has 5 nitrogen and oxygen atoms in total. The van der Waals surface area contributed by atoms with Gasteiger partial charge in [-0.3, -0.25) is 9.59 Å². The van der Waals surface area contributed by atoms with Crippen LogP contribution in [0.25, 0.3) is 10.9 Å². The number of aryl methyl sites for hydroxylation is 1. The topological polar surface area (TPSA) is 61.2 Å². The van der Waals surface area contributed by atoms with Gasteiger partial charge in [0.05, 0.1) is 17.8 Å². The summed E-state index contributed by atoms with van der Waals surface area (Å²) < 4.78 is 7.62. The fourth-order valence-corrected chi connectivity index (χ4v) is 2.83. The zero-order valence-electron chi connectivity index (χ0n) is 13.1. The molecule has 0 aliphatic rings. The Kier molecular flexibility index (Phi) is 5.01. The number of hydrogen-bond acceptors (Lipinski definition) is 4. The van der Waals surface area contributed by atoms with E-state index in [0.29, 0.717) is 16.8 Å². The summed E-state index contributed by atoms with van der Waals surface area (Å²) >= 11 is 3.34. The molecule has 2 rings (SSSR count). The number of rotatable bonds is 5. The summed E-state index contributed by atoms with van der Waals surface area (Å²) in [5, 5.41) is 0.795. The minimum atomic E-state index is -0.317. The zero-order valence-corrected chi connectivity index (χ0v) is 14.7. The number of fused-ring (bicyclic) bond motifs is 1. The predicted molar refractivity (Wildman–Crippen MR) is 88.0 cm³/mol. The Morgan fingerprint density at radius 3 is 2.68 bits per heavy atom. The van der Waals surface area contributed by atoms with E-state index < -0.39 is 0 Å². The molecular weight excluding hydrogens is 348 g/mol. The number of esters is 1. The monoisotopic (exact) mass is 366 g/mol. The zero-order chi connectivity index (χ0) is 16.4. The van der Waals surface area contributed by atoms with Crippen LogP contribution in [0.15, 0.2) is 16.9 Å². The van der Waals surface area contributed by atoms with E-state index >= 15 is 0 Å². The van der Waals surface area contributed by atoms with Crippen LogP contribution in [0.5, 0.6) is 0 Å². The van der Waals surface area contributed by atoms with Gasteiger partial charge in [-0.2, -0.15) is 0 Å². The van der Waals surface area contributed by atoms with Gasteiger partial charge in [0.15, 0.2) is 5.78 Å². The third kappa shape index (κ3) is 3.55. The summed E-state index contributed by atoms with van der Waals surface area (Å²) in [6.07, 6.45) is 1.70. The number of halogens is 1. The van der Waals surface area contributed by atoms with Gasteiger partial charge >= 0.3 is 5.97 Å². The van der Waals surface area contributed by atoms with Crippen molar-refractivity contribution in [3.05, 3.63) is 28.1 Å². The first-order chi connectivity index (χ1) is 10.3. The molecule has 0 unspecified atom stereocenters. The first-order valence-corrected chi connectivity index (χ1v) is 7.91. The van der Waals surface area contributed by atoms with E-state index in [0.717, 1.165) is 16.6 Å². The van der Waals surface area contributed by atoms with E-state index in [4.69, 9.17) is 4.74 Å². The molecule has 0 bridgehead atoms. The lowest BCUT2D eigenvalue weighted by Crippen LogP contribution is -2.16. The highest BCUT2D eigenvalue weighted by atomic mass is 79.9. The molecule has 2 aromatic heterocycles. The van der Waals surface area contributed by atoms with Gasteiger partial charge in [-0.05, 0) is 41.8 Å². The molecule has 0 aliphatic heterocycles. The van der Waals surface area contributed by atoms with Crippen LogP contribution < -0.4 is 0 Å². The highest BCUT2D eigenvalue weighted by molar-refractivity contribution is 9.10. The largest absolute Gasteiger partial charge is 0.464 e. The molecule has 0 saturated carbocycles. The van der Waals surface area contributed by atoms with Gasteiger partial charge in [0.2, 0.25) is 0 Å². The Hall–Kier alpha value is -1.69. The van der Waals surface area contributed by atoms with Gasteiger partial charge in [-0.1, -0.05) is 13.8 Å². The molecule has 0 amide bonds. The first-order valence-electron chi connectivity index (χ1n) is 7.12. The van der Waals surface area contributed by atoms with Gasteiger partial charge in [0.1, 0.15) is 11.1 Å². The minimum absolute atomic E-state index is 0.0446. The summed E-state index contributed by atoms with van der Waals surface area (Å²) in [6, 6.07) is 1.80. The van der Waals surface area contributed by atoms with Crippen LogP contribution >= 0.6 is 15.9 Å². The number of ether oxygens (including phenoxy) is 1. The molecule has 22 heavy (non-hydrogen) atoms. The number of Topliss-reactive ketones (excluding diaryl/α,β-unsaturated/α-hetero) is 1. The van der Waals surface area contributed by atoms with E-state index in [2.05, 4.69) is 20.9 Å². The van der Waals surface area contributed by atoms with Gasteiger partial charge in [-0.25, -0.2) is 4.98 Å². The molecule has 0 aromatic carbocycles. The van der Waals surface area contributed by atoms with Crippen molar-refractivity contribution in [3.63, 3.8) is 0 Å². The van der Waals surface area contributed by atoms with Crippen molar-refractivity contribution in [1.82, 2.24) is 9.55 Å². The fraction of sp³-hybridized carbons (Fsp3) is 0.438. The number of hydrogen-bond donors (Lipinski definition) is 0. The van der Waals surface area contributed by atoms with E-state index in [1.165, 1.54) is 6.92 Å². The van der Waals surface area contributed by atoms with Crippen molar-refractivity contribution in [1.29, 1.82) is 0 Å². The van der Waals surface area contributed by atoms with Crippen molar-refractivity contribution in [2.75, 3.05) is 6.61 Å². The van der Waals surface area contributed by atoms with E-state index in [1.54, 1.807) is 16.8 Å². The number of ketones is 1. The van der Waals surface area contributed by atoms with Gasteiger partial charge < -0.3 is 9.30 Å². The maximum atomic E-state index is 12.0. The molecule has 118 valence electrons. The molecule has 0 saturated heterocycles. The third-order valence-corrected chi connectivity index (χ3v) is 3.66. The standard InChI is InChI=1S/C16H19BrN2O3/c1-9(2)8-22-15(21)7-19-6-13(11(4)20)12-5-14(17)18-10(3)16(12)19/h5-6,9H,7-8H2,1-4H3. The highest BCUT2D eigenvalue weighted by Crippen LogP contribution is 2.27. The summed E-state index contributed by atoms with van der Waals surface area (Å²) in [7, 11) is 0. The van der Waals surface area contributed by atoms with Gasteiger partial charge in [0, 0.05) is 17.1 Å². The minimum Gasteiger partial charge on any atom is -0.464 e. The number of carbonyl (C=O) groups is 2. The van der Waals surface area contributed by atoms with Crippen molar-refractivity contribution in [2.45, 2.75) is 34.2 Å². The second-order valence-electron chi connectivity index (χ2n) is 5.73. The molecule has 0 radical (unpaired) electrons. The van der Waals surface area contributed by atoms with Crippen LogP contribution in [-0.2, 0) is 16.1 Å². The average molecular weight is 367 g/mol. The van der Waals surface area contributed by atoms with Crippen LogP contribution in [0, 0.1) is 12.8 Å². The smallest absolute Gasteiger partial charge is 0.325 e. The van der Waals surface area contributed by atoms with E-state index in [9.17, 15) is 9.59 Å². The van der Waals surface area contributed by atoms with Crippen molar-refractivity contribution >= 4 is 38.6 Å². The summed E-state index contributed by atoms with van der Waals surface area (Å²) in [5.41, 5.74) is 2.13. The summed E-state index contributed by atoms with van der Waals surface area (Å²) in [5.74, 6) is -0.0719. The van der Waals surface area contributed by atoms with Crippen LogP contribution in [0.1, 0.15) is 36.8 Å². The van der Waals surface area contributed by atoms with Crippen molar-refractivity contribution < 1.29 is 14.3 Å². The van der Waals surface area contributed by atoms with Crippen LogP contribution in [-0.4, -0.2) is 27.9 Å². The number of carbonyl (C=O) groups excluding carboxylic acids is 2. The van der Waals surface area contributed by atoms with Crippen LogP contribution in [0.2, 0.25) is 0 Å². The van der Waals surface area contributed by atoms with Crippen molar-refractivity contribution in [2.24, 2.45) is 5.92 Å². The Balaban J connectivity index is 2.42. The SMILES string of the molecule is CC(=O)c1cn(CC(=O)OCC(C)C)c2c(C)nc(Br)cc12. The first kappa shape index (κ1) is 16.7. The molecule has 0 atom stereocenters. The molecule has 0 N–H and O–H groups in total. The molecule has 0 spiro atoms. The summed E-state index contributed by atoms with van der Waals surface area (Å²) in [4.78, 5) is 28.1. The third-order valence-electron chi connectivity index (χ3n) is 3.25. The Bertz CT molecular complexity index is 735. The Morgan fingerprint density at radius 2 is 2.09 bits per heavy atom. The summed E-state index contributed by atoms with van der Waals surface area (Å²) in [6.45, 7) is 7.80. The molecule has 2 heterocycles. The lowest BCUT2D eigenvalue weighted by atomic mass is 10.1. The quantitative estimate of drug-likeness (QED) is 0.461. The molecule has 2 aromatic rings. The lowest BCUT2D eigenvalue weighted by Gasteiger charge is -2.09. The maximum Gasteiger partial charge on any atom is 0.325 e. The van der Waals surface area contributed by atoms with E-state index in [-0.39, 0.29) is 24.2 Å². The van der Waals surface area contributed by atoms with Gasteiger partial charge in [0.25, 0.3) is 0 Å². The highest BCUT2D eigenvalue weighted by Gasteiger charge is 2.17. The fourth-order valence-electron chi connectivity index (χ4n) is 2.34. The maximum absolute atomic E-state index is 12.0. The second-order valence-corrected chi connectivity index (χ2v) is 6.54. The molecule has 0 fully saturated rings. The van der Waals surface area contributed by atoms with E-state index in [1.807, 2.05) is 20.8 Å². The lowest BCUT2D eigenvalue weighted by molar-refractivity contribution is -0.145. The molecule has 0 aliphatic carbocycles. The normalized spacial score (nSPS) is 11.2. The predicted octanol–water partition coefficient (Wildman–Crippen LogP) is 3.51.